The van der Waals surface area contributed by atoms with Gasteiger partial charge in [-0.3, -0.25) is 4.79 Å². The van der Waals surface area contributed by atoms with Crippen molar-refractivity contribution in [3.63, 3.8) is 0 Å². The summed E-state index contributed by atoms with van der Waals surface area (Å²) in [6.45, 7) is 1.22. The second-order valence-corrected chi connectivity index (χ2v) is 7.26. The number of anilines is 1. The van der Waals surface area contributed by atoms with Gasteiger partial charge >= 0.3 is 6.18 Å². The van der Waals surface area contributed by atoms with E-state index >= 15 is 0 Å². The number of rotatable bonds is 4. The van der Waals surface area contributed by atoms with E-state index < -0.39 is 11.7 Å². The molecular formula is C22H21F3N2O2. The Morgan fingerprint density at radius 3 is 2.48 bits per heavy atom. The van der Waals surface area contributed by atoms with Gasteiger partial charge in [0.25, 0.3) is 0 Å². The molecule has 2 aliphatic rings. The van der Waals surface area contributed by atoms with Crippen LogP contribution in [0.3, 0.4) is 0 Å². The molecule has 0 radical (unpaired) electrons. The predicted molar refractivity (Wildman–Crippen MR) is 106 cm³/mol. The molecular weight excluding hydrogens is 381 g/mol. The summed E-state index contributed by atoms with van der Waals surface area (Å²) in [6.07, 6.45) is -2.07. The van der Waals surface area contributed by atoms with Crippen molar-refractivity contribution in [3.8, 4) is 5.75 Å². The summed E-state index contributed by atoms with van der Waals surface area (Å²) in [4.78, 5) is 14.6. The summed E-state index contributed by atoms with van der Waals surface area (Å²) in [6, 6.07) is 11.1. The van der Waals surface area contributed by atoms with Gasteiger partial charge in [0.15, 0.2) is 0 Å². The summed E-state index contributed by atoms with van der Waals surface area (Å²) in [7, 11) is 1.54. The van der Waals surface area contributed by atoms with Crippen LogP contribution in [0.15, 0.2) is 42.5 Å². The number of methoxy groups -OCH3 is 1. The SMILES string of the molecule is COc1ccc(C2=Cc3c(cccc3C(F)(F)F)N(CC3CCN3)C(=O)C2)cc1. The van der Waals surface area contributed by atoms with Gasteiger partial charge in [-0.1, -0.05) is 18.2 Å². The van der Waals surface area contributed by atoms with Crippen molar-refractivity contribution in [1.29, 1.82) is 0 Å². The molecule has 0 aromatic heterocycles. The maximum atomic E-state index is 13.7. The van der Waals surface area contributed by atoms with E-state index in [1.54, 1.807) is 37.4 Å². The first-order chi connectivity index (χ1) is 13.9. The number of hydrogen-bond donors (Lipinski definition) is 1. The highest BCUT2D eigenvalue weighted by Gasteiger charge is 2.37. The van der Waals surface area contributed by atoms with E-state index in [4.69, 9.17) is 4.74 Å². The van der Waals surface area contributed by atoms with Crippen LogP contribution in [0.2, 0.25) is 0 Å². The standard InChI is InChI=1S/C22H21F3N2O2/c1-29-17-7-5-14(6-8-17)15-11-18-19(22(23,24)25)3-2-4-20(18)27(21(28)12-15)13-16-9-10-26-16/h2-8,11,16,26H,9-10,12-13H2,1H3. The molecule has 0 bridgehead atoms. The molecule has 2 aliphatic heterocycles. The maximum absolute atomic E-state index is 13.7. The van der Waals surface area contributed by atoms with Crippen LogP contribution in [0, 0.1) is 0 Å². The third-order valence-electron chi connectivity index (χ3n) is 5.43. The van der Waals surface area contributed by atoms with E-state index in [0.29, 0.717) is 29.1 Å². The van der Waals surface area contributed by atoms with Crippen molar-refractivity contribution in [2.75, 3.05) is 25.1 Å². The smallest absolute Gasteiger partial charge is 0.417 e. The zero-order valence-corrected chi connectivity index (χ0v) is 15.9. The maximum Gasteiger partial charge on any atom is 0.417 e. The Balaban J connectivity index is 1.83. The molecule has 4 nitrogen and oxygen atoms in total. The number of benzene rings is 2. The van der Waals surface area contributed by atoms with Gasteiger partial charge in [0.2, 0.25) is 5.91 Å². The van der Waals surface area contributed by atoms with E-state index in [0.717, 1.165) is 19.0 Å². The zero-order chi connectivity index (χ0) is 20.6. The van der Waals surface area contributed by atoms with Gasteiger partial charge in [-0.15, -0.1) is 0 Å². The van der Waals surface area contributed by atoms with Crippen molar-refractivity contribution in [2.24, 2.45) is 0 Å². The second-order valence-electron chi connectivity index (χ2n) is 7.26. The van der Waals surface area contributed by atoms with Crippen LogP contribution in [0.1, 0.15) is 29.5 Å². The predicted octanol–water partition coefficient (Wildman–Crippen LogP) is 4.35. The van der Waals surface area contributed by atoms with Gasteiger partial charge in [0.05, 0.1) is 24.8 Å². The number of nitrogens with one attached hydrogen (secondary N) is 1. The molecule has 29 heavy (non-hydrogen) atoms. The normalized spacial score (nSPS) is 19.2. The topological polar surface area (TPSA) is 41.6 Å². The van der Waals surface area contributed by atoms with E-state index in [1.807, 2.05) is 0 Å². The Bertz CT molecular complexity index is 948. The number of alkyl halides is 3. The summed E-state index contributed by atoms with van der Waals surface area (Å²) in [5.74, 6) is 0.433. The van der Waals surface area contributed by atoms with Gasteiger partial charge in [-0.25, -0.2) is 0 Å². The van der Waals surface area contributed by atoms with Crippen molar-refractivity contribution in [1.82, 2.24) is 5.32 Å². The number of nitrogens with zero attached hydrogens (tertiary/aromatic N) is 1. The number of amides is 1. The number of hydrogen-bond acceptors (Lipinski definition) is 3. The van der Waals surface area contributed by atoms with Crippen LogP contribution in [-0.2, 0) is 11.0 Å². The molecule has 0 saturated carbocycles. The van der Waals surface area contributed by atoms with Crippen LogP contribution >= 0.6 is 0 Å². The van der Waals surface area contributed by atoms with Gasteiger partial charge in [0, 0.05) is 18.2 Å². The Labute approximate surface area is 167 Å². The number of ether oxygens (including phenoxy) is 1. The first-order valence-electron chi connectivity index (χ1n) is 9.46. The molecule has 2 aromatic carbocycles. The third-order valence-corrected chi connectivity index (χ3v) is 5.43. The second kappa shape index (κ2) is 7.55. The lowest BCUT2D eigenvalue weighted by atomic mass is 9.97. The van der Waals surface area contributed by atoms with Crippen molar-refractivity contribution in [3.05, 3.63) is 59.2 Å². The monoisotopic (exact) mass is 402 g/mol. The lowest BCUT2D eigenvalue weighted by molar-refractivity contribution is -0.137. The molecule has 1 fully saturated rings. The van der Waals surface area contributed by atoms with E-state index in [2.05, 4.69) is 5.32 Å². The molecule has 4 rings (SSSR count). The fourth-order valence-electron chi connectivity index (χ4n) is 3.72. The molecule has 0 aliphatic carbocycles. The minimum Gasteiger partial charge on any atom is -0.497 e. The minimum absolute atomic E-state index is 0.0328. The molecule has 1 saturated heterocycles. The largest absolute Gasteiger partial charge is 0.497 e. The van der Waals surface area contributed by atoms with Crippen molar-refractivity contribution in [2.45, 2.75) is 25.1 Å². The molecule has 2 aromatic rings. The summed E-state index contributed by atoms with van der Waals surface area (Å²) < 4.78 is 46.4. The van der Waals surface area contributed by atoms with E-state index in [1.165, 1.54) is 17.0 Å². The van der Waals surface area contributed by atoms with E-state index in [9.17, 15) is 18.0 Å². The van der Waals surface area contributed by atoms with Crippen molar-refractivity contribution >= 4 is 23.2 Å². The fourth-order valence-corrected chi connectivity index (χ4v) is 3.72. The molecule has 1 amide bonds. The average Bonchev–Trinajstić information content (AvgIpc) is 2.80. The number of carbonyl (C=O) groups excluding carboxylic acids is 1. The molecule has 1 N–H and O–H groups in total. The van der Waals surface area contributed by atoms with Gasteiger partial charge in [0.1, 0.15) is 5.75 Å². The highest BCUT2D eigenvalue weighted by Crippen LogP contribution is 2.41. The molecule has 1 unspecified atom stereocenters. The quantitative estimate of drug-likeness (QED) is 0.827. The molecule has 152 valence electrons. The van der Waals surface area contributed by atoms with Crippen LogP contribution in [-0.4, -0.2) is 32.1 Å². The Morgan fingerprint density at radius 2 is 1.90 bits per heavy atom. The zero-order valence-electron chi connectivity index (χ0n) is 15.9. The Hall–Kier alpha value is -2.80. The molecule has 7 heteroatoms. The number of carbonyl (C=O) groups is 1. The first kappa shape index (κ1) is 19.5. The first-order valence-corrected chi connectivity index (χ1v) is 9.46. The molecule has 2 heterocycles. The average molecular weight is 402 g/mol. The third kappa shape index (κ3) is 3.87. The highest BCUT2D eigenvalue weighted by atomic mass is 19.4. The highest BCUT2D eigenvalue weighted by molar-refractivity contribution is 6.07. The lowest BCUT2D eigenvalue weighted by Crippen LogP contribution is -2.51. The van der Waals surface area contributed by atoms with Gasteiger partial charge < -0.3 is 15.0 Å². The summed E-state index contributed by atoms with van der Waals surface area (Å²) in [5, 5.41) is 3.22. The summed E-state index contributed by atoms with van der Waals surface area (Å²) >= 11 is 0. The van der Waals surface area contributed by atoms with Crippen molar-refractivity contribution < 1.29 is 22.7 Å². The van der Waals surface area contributed by atoms with Gasteiger partial charge in [-0.05, 0) is 54.4 Å². The van der Waals surface area contributed by atoms with Crippen LogP contribution in [0.25, 0.3) is 11.6 Å². The van der Waals surface area contributed by atoms with E-state index in [-0.39, 0.29) is 23.9 Å². The fraction of sp³-hybridized carbons (Fsp3) is 0.318. The molecule has 0 spiro atoms. The van der Waals surface area contributed by atoms with Crippen LogP contribution in [0.5, 0.6) is 5.75 Å². The minimum atomic E-state index is -4.51. The Kier molecular flexibility index (Phi) is 5.08. The van der Waals surface area contributed by atoms with Crippen LogP contribution in [0.4, 0.5) is 18.9 Å². The summed E-state index contributed by atoms with van der Waals surface area (Å²) in [5.41, 5.74) is 0.866. The lowest BCUT2D eigenvalue weighted by Gasteiger charge is -2.34. The number of halogens is 3. The Morgan fingerprint density at radius 1 is 1.17 bits per heavy atom. The molecule has 1 atom stereocenters. The van der Waals surface area contributed by atoms with Crippen LogP contribution < -0.4 is 15.0 Å². The number of fused-ring (bicyclic) bond motifs is 1. The van der Waals surface area contributed by atoms with Gasteiger partial charge in [-0.2, -0.15) is 13.2 Å².